The molecule has 1 aromatic heterocycles. The van der Waals surface area contributed by atoms with E-state index in [1.807, 2.05) is 6.92 Å². The van der Waals surface area contributed by atoms with Gasteiger partial charge >= 0.3 is 5.97 Å². The van der Waals surface area contributed by atoms with Crippen LogP contribution in [0, 0.1) is 6.92 Å². The van der Waals surface area contributed by atoms with Gasteiger partial charge in [0.1, 0.15) is 0 Å². The summed E-state index contributed by atoms with van der Waals surface area (Å²) in [6.45, 7) is 1.83. The van der Waals surface area contributed by atoms with E-state index < -0.39 is 12.1 Å². The first kappa shape index (κ1) is 9.67. The van der Waals surface area contributed by atoms with Gasteiger partial charge in [-0.2, -0.15) is 0 Å². The molecule has 1 unspecified atom stereocenters. The van der Waals surface area contributed by atoms with E-state index in [4.69, 9.17) is 0 Å². The van der Waals surface area contributed by atoms with E-state index >= 15 is 0 Å². The summed E-state index contributed by atoms with van der Waals surface area (Å²) in [5.41, 5.74) is 1.28. The van der Waals surface area contributed by atoms with Gasteiger partial charge in [-0.05, 0) is 13.0 Å². The predicted molar refractivity (Wildman–Crippen MR) is 45.9 cm³/mol. The summed E-state index contributed by atoms with van der Waals surface area (Å²) >= 11 is 0. The van der Waals surface area contributed by atoms with Crippen molar-refractivity contribution in [2.24, 2.45) is 0 Å². The van der Waals surface area contributed by atoms with Gasteiger partial charge in [-0.1, -0.05) is 6.07 Å². The average Bonchev–Trinajstić information content (AvgIpc) is 2.17. The van der Waals surface area contributed by atoms with Gasteiger partial charge in [0.15, 0.2) is 6.10 Å². The SMILES string of the molecule is COC(=O)C(O)c1ccc(C)nc1. The summed E-state index contributed by atoms with van der Waals surface area (Å²) < 4.78 is 4.38. The number of ether oxygens (including phenoxy) is 1. The van der Waals surface area contributed by atoms with Crippen molar-refractivity contribution in [3.05, 3.63) is 29.6 Å². The lowest BCUT2D eigenvalue weighted by atomic mass is 10.1. The zero-order valence-electron chi connectivity index (χ0n) is 7.52. The van der Waals surface area contributed by atoms with Gasteiger partial charge in [0.2, 0.25) is 0 Å². The van der Waals surface area contributed by atoms with Crippen LogP contribution in [0.3, 0.4) is 0 Å². The molecule has 0 radical (unpaired) electrons. The Kier molecular flexibility index (Phi) is 2.97. The summed E-state index contributed by atoms with van der Waals surface area (Å²) in [4.78, 5) is 14.8. The lowest BCUT2D eigenvalue weighted by Crippen LogP contribution is -2.13. The molecule has 1 atom stereocenters. The van der Waals surface area contributed by atoms with E-state index in [0.717, 1.165) is 5.69 Å². The second kappa shape index (κ2) is 4.00. The van der Waals surface area contributed by atoms with Crippen molar-refractivity contribution >= 4 is 5.97 Å². The summed E-state index contributed by atoms with van der Waals surface area (Å²) in [6, 6.07) is 3.37. The molecule has 1 heterocycles. The smallest absolute Gasteiger partial charge is 0.339 e. The molecule has 0 bridgehead atoms. The van der Waals surface area contributed by atoms with Crippen molar-refractivity contribution in [1.29, 1.82) is 0 Å². The fourth-order valence-electron chi connectivity index (χ4n) is 0.889. The van der Waals surface area contributed by atoms with E-state index in [-0.39, 0.29) is 0 Å². The minimum absolute atomic E-state index is 0.442. The molecule has 0 aliphatic heterocycles. The topological polar surface area (TPSA) is 59.4 Å². The Morgan fingerprint density at radius 3 is 2.77 bits per heavy atom. The lowest BCUT2D eigenvalue weighted by Gasteiger charge is -2.07. The van der Waals surface area contributed by atoms with Gasteiger partial charge in [0, 0.05) is 17.5 Å². The molecule has 0 saturated heterocycles. The van der Waals surface area contributed by atoms with Gasteiger partial charge in [0.25, 0.3) is 0 Å². The molecule has 1 N–H and O–H groups in total. The summed E-state index contributed by atoms with van der Waals surface area (Å²) in [7, 11) is 1.23. The van der Waals surface area contributed by atoms with Crippen LogP contribution in [0.4, 0.5) is 0 Å². The number of pyridine rings is 1. The highest BCUT2D eigenvalue weighted by molar-refractivity contribution is 5.75. The Labute approximate surface area is 76.2 Å². The van der Waals surface area contributed by atoms with E-state index in [2.05, 4.69) is 9.72 Å². The number of aryl methyl sites for hydroxylation is 1. The van der Waals surface area contributed by atoms with Crippen LogP contribution in [0.1, 0.15) is 17.4 Å². The molecule has 0 aliphatic carbocycles. The molecule has 0 aliphatic rings. The van der Waals surface area contributed by atoms with Crippen molar-refractivity contribution in [2.75, 3.05) is 7.11 Å². The second-order valence-corrected chi connectivity index (χ2v) is 2.66. The van der Waals surface area contributed by atoms with Crippen LogP contribution in [-0.4, -0.2) is 23.2 Å². The first-order valence-corrected chi connectivity index (χ1v) is 3.83. The number of aliphatic hydroxyl groups is 1. The molecule has 1 rings (SSSR count). The third-order valence-corrected chi connectivity index (χ3v) is 1.67. The number of methoxy groups -OCH3 is 1. The Balaban J connectivity index is 2.83. The van der Waals surface area contributed by atoms with Gasteiger partial charge in [-0.3, -0.25) is 4.98 Å². The van der Waals surface area contributed by atoms with E-state index in [1.54, 1.807) is 12.1 Å². The van der Waals surface area contributed by atoms with Gasteiger partial charge in [-0.25, -0.2) is 4.79 Å². The van der Waals surface area contributed by atoms with Gasteiger partial charge in [-0.15, -0.1) is 0 Å². The molecular formula is C9H11NO3. The van der Waals surface area contributed by atoms with Crippen LogP contribution in [0.15, 0.2) is 18.3 Å². The number of rotatable bonds is 2. The molecule has 0 aromatic carbocycles. The molecule has 1 aromatic rings. The van der Waals surface area contributed by atoms with Crippen LogP contribution >= 0.6 is 0 Å². The molecule has 4 heteroatoms. The molecular weight excluding hydrogens is 170 g/mol. The van der Waals surface area contributed by atoms with Crippen molar-refractivity contribution in [3.8, 4) is 0 Å². The van der Waals surface area contributed by atoms with Gasteiger partial charge < -0.3 is 9.84 Å². The van der Waals surface area contributed by atoms with E-state index in [9.17, 15) is 9.90 Å². The highest BCUT2D eigenvalue weighted by atomic mass is 16.5. The van der Waals surface area contributed by atoms with Crippen LogP contribution in [0.5, 0.6) is 0 Å². The Bertz CT molecular complexity index is 294. The fraction of sp³-hybridized carbons (Fsp3) is 0.333. The molecule has 13 heavy (non-hydrogen) atoms. The third-order valence-electron chi connectivity index (χ3n) is 1.67. The normalized spacial score (nSPS) is 12.2. The maximum Gasteiger partial charge on any atom is 0.339 e. The monoisotopic (exact) mass is 181 g/mol. The summed E-state index contributed by atoms with van der Waals surface area (Å²) in [5.74, 6) is -0.675. The highest BCUT2D eigenvalue weighted by Gasteiger charge is 2.17. The highest BCUT2D eigenvalue weighted by Crippen LogP contribution is 2.12. The van der Waals surface area contributed by atoms with Crippen molar-refractivity contribution in [2.45, 2.75) is 13.0 Å². The maximum atomic E-state index is 10.9. The Morgan fingerprint density at radius 1 is 1.62 bits per heavy atom. The van der Waals surface area contributed by atoms with Crippen molar-refractivity contribution in [1.82, 2.24) is 4.98 Å². The van der Waals surface area contributed by atoms with Crippen molar-refractivity contribution < 1.29 is 14.6 Å². The quantitative estimate of drug-likeness (QED) is 0.678. The molecule has 70 valence electrons. The van der Waals surface area contributed by atoms with Crippen LogP contribution in [0.25, 0.3) is 0 Å². The Hall–Kier alpha value is -1.42. The fourth-order valence-corrected chi connectivity index (χ4v) is 0.889. The van der Waals surface area contributed by atoms with E-state index in [0.29, 0.717) is 5.56 Å². The second-order valence-electron chi connectivity index (χ2n) is 2.66. The van der Waals surface area contributed by atoms with E-state index in [1.165, 1.54) is 13.3 Å². The van der Waals surface area contributed by atoms with Crippen molar-refractivity contribution in [3.63, 3.8) is 0 Å². The molecule has 0 saturated carbocycles. The largest absolute Gasteiger partial charge is 0.467 e. The average molecular weight is 181 g/mol. The summed E-state index contributed by atoms with van der Waals surface area (Å²) in [5, 5.41) is 9.37. The third kappa shape index (κ3) is 2.26. The number of aliphatic hydroxyl groups excluding tert-OH is 1. The zero-order chi connectivity index (χ0) is 9.84. The van der Waals surface area contributed by atoms with Gasteiger partial charge in [0.05, 0.1) is 7.11 Å². The maximum absolute atomic E-state index is 10.9. The number of hydrogen-bond acceptors (Lipinski definition) is 4. The molecule has 0 amide bonds. The Morgan fingerprint density at radius 2 is 2.31 bits per heavy atom. The first-order valence-electron chi connectivity index (χ1n) is 3.83. The number of hydrogen-bond donors (Lipinski definition) is 1. The number of carbonyl (C=O) groups is 1. The number of aromatic nitrogens is 1. The first-order chi connectivity index (χ1) is 6.15. The minimum Gasteiger partial charge on any atom is -0.467 e. The predicted octanol–water partition coefficient (Wildman–Crippen LogP) is 0.596. The zero-order valence-corrected chi connectivity index (χ0v) is 7.52. The number of carbonyl (C=O) groups excluding carboxylic acids is 1. The molecule has 0 spiro atoms. The standard InChI is InChI=1S/C9H11NO3/c1-6-3-4-7(5-10-6)8(11)9(12)13-2/h3-5,8,11H,1-2H3. The minimum atomic E-state index is -1.24. The number of nitrogens with zero attached hydrogens (tertiary/aromatic N) is 1. The van der Waals surface area contributed by atoms with Crippen LogP contribution < -0.4 is 0 Å². The number of esters is 1. The molecule has 0 fully saturated rings. The van der Waals surface area contributed by atoms with Crippen LogP contribution in [0.2, 0.25) is 0 Å². The molecule has 4 nitrogen and oxygen atoms in total. The lowest BCUT2D eigenvalue weighted by molar-refractivity contribution is -0.150. The van der Waals surface area contributed by atoms with Crippen LogP contribution in [-0.2, 0) is 9.53 Å². The summed E-state index contributed by atoms with van der Waals surface area (Å²) in [6.07, 6.45) is 0.217.